The van der Waals surface area contributed by atoms with E-state index in [4.69, 9.17) is 0 Å². The van der Waals surface area contributed by atoms with Crippen LogP contribution in [0, 0.1) is 0 Å². The highest BCUT2D eigenvalue weighted by atomic mass is 15.3. The normalized spacial score (nSPS) is 14.8. The fourth-order valence-corrected chi connectivity index (χ4v) is 2.18. The number of anilines is 1. The minimum Gasteiger partial charge on any atom is -0.260 e. The molecule has 1 aliphatic heterocycles. The van der Waals surface area contributed by atoms with E-state index in [9.17, 15) is 0 Å². The molecule has 2 aromatic rings. The van der Waals surface area contributed by atoms with Crippen LogP contribution < -0.4 is 9.47 Å². The third-order valence-corrected chi connectivity index (χ3v) is 2.97. The topological polar surface area (TPSA) is 7.12 Å². The van der Waals surface area contributed by atoms with E-state index in [0.717, 1.165) is 13.1 Å². The highest BCUT2D eigenvalue weighted by Crippen LogP contribution is 2.18. The summed E-state index contributed by atoms with van der Waals surface area (Å²) in [5.74, 6) is 1.32. The molecule has 1 aromatic carbocycles. The van der Waals surface area contributed by atoms with Gasteiger partial charge >= 0.3 is 0 Å². The Balaban J connectivity index is 2.38. The summed E-state index contributed by atoms with van der Waals surface area (Å²) in [6, 6.07) is 13.0. The number of para-hydroxylation sites is 1. The van der Waals surface area contributed by atoms with Crippen LogP contribution in [0.15, 0.2) is 36.4 Å². The third-order valence-electron chi connectivity index (χ3n) is 2.97. The summed E-state index contributed by atoms with van der Waals surface area (Å²) in [5.41, 5.74) is 1.34. The van der Waals surface area contributed by atoms with E-state index in [1.807, 2.05) is 0 Å². The second-order valence-corrected chi connectivity index (χ2v) is 3.82. The average Bonchev–Trinajstić information content (AvgIpc) is 2.61. The zero-order chi connectivity index (χ0) is 9.54. The van der Waals surface area contributed by atoms with Gasteiger partial charge in [0.2, 0.25) is 0 Å². The monoisotopic (exact) mass is 185 g/mol. The summed E-state index contributed by atoms with van der Waals surface area (Å²) in [6.07, 6.45) is 0. The Bertz CT molecular complexity index is 491. The van der Waals surface area contributed by atoms with Crippen LogP contribution in [0.2, 0.25) is 0 Å². The smallest absolute Gasteiger partial charge is 0.260 e. The summed E-state index contributed by atoms with van der Waals surface area (Å²) < 4.78 is 2.38. The lowest BCUT2D eigenvalue weighted by atomic mass is 10.2. The fourth-order valence-electron chi connectivity index (χ4n) is 2.18. The molecule has 0 saturated carbocycles. The van der Waals surface area contributed by atoms with Crippen LogP contribution in [0.1, 0.15) is 0 Å². The highest BCUT2D eigenvalue weighted by Gasteiger charge is 2.24. The predicted molar refractivity (Wildman–Crippen MR) is 57.4 cm³/mol. The van der Waals surface area contributed by atoms with E-state index < -0.39 is 0 Å². The minimum atomic E-state index is 1.10. The number of rotatable bonds is 0. The van der Waals surface area contributed by atoms with Gasteiger partial charge in [-0.25, -0.2) is 4.57 Å². The van der Waals surface area contributed by atoms with Crippen LogP contribution in [0.5, 0.6) is 0 Å². The molecule has 14 heavy (non-hydrogen) atoms. The van der Waals surface area contributed by atoms with Gasteiger partial charge < -0.3 is 0 Å². The van der Waals surface area contributed by atoms with Crippen LogP contribution in [-0.2, 0) is 6.54 Å². The lowest BCUT2D eigenvalue weighted by Crippen LogP contribution is -2.31. The Morgan fingerprint density at radius 2 is 2.00 bits per heavy atom. The Kier molecular flexibility index (Phi) is 1.51. The van der Waals surface area contributed by atoms with Crippen molar-refractivity contribution in [3.8, 4) is 0 Å². The van der Waals surface area contributed by atoms with Crippen LogP contribution in [0.25, 0.3) is 10.9 Å². The highest BCUT2D eigenvalue weighted by molar-refractivity contribution is 5.76. The molecule has 70 valence electrons. The van der Waals surface area contributed by atoms with E-state index >= 15 is 0 Å². The van der Waals surface area contributed by atoms with Crippen LogP contribution >= 0.6 is 0 Å². The van der Waals surface area contributed by atoms with Crippen molar-refractivity contribution >= 4 is 16.7 Å². The molecule has 0 radical (unpaired) electrons. The number of pyridine rings is 1. The third kappa shape index (κ3) is 0.939. The van der Waals surface area contributed by atoms with Crippen molar-refractivity contribution < 1.29 is 4.57 Å². The minimum absolute atomic E-state index is 1.10. The number of hydrogen-bond donors (Lipinski definition) is 0. The molecular weight excluding hydrogens is 172 g/mol. The number of nitrogens with zero attached hydrogens (tertiary/aromatic N) is 2. The molecule has 2 heterocycles. The van der Waals surface area contributed by atoms with Crippen molar-refractivity contribution in [1.29, 1.82) is 0 Å². The van der Waals surface area contributed by atoms with E-state index in [-0.39, 0.29) is 0 Å². The van der Waals surface area contributed by atoms with E-state index in [1.165, 1.54) is 16.7 Å². The molecule has 2 nitrogen and oxygen atoms in total. The van der Waals surface area contributed by atoms with Crippen molar-refractivity contribution in [1.82, 2.24) is 0 Å². The first kappa shape index (κ1) is 7.80. The molecule has 0 bridgehead atoms. The molecule has 0 N–H and O–H groups in total. The first-order valence-electron chi connectivity index (χ1n) is 4.99. The molecule has 3 rings (SSSR count). The molecule has 0 unspecified atom stereocenters. The summed E-state index contributed by atoms with van der Waals surface area (Å²) in [6.45, 7) is 2.22. The Morgan fingerprint density at radius 1 is 1.14 bits per heavy atom. The van der Waals surface area contributed by atoms with Gasteiger partial charge in [0, 0.05) is 11.5 Å². The van der Waals surface area contributed by atoms with Gasteiger partial charge in [-0.05, 0) is 12.1 Å². The zero-order valence-corrected chi connectivity index (χ0v) is 8.27. The molecular formula is C12H13N2+. The number of benzene rings is 1. The van der Waals surface area contributed by atoms with Gasteiger partial charge in [0.25, 0.3) is 5.82 Å². The first-order chi connectivity index (χ1) is 6.86. The maximum absolute atomic E-state index is 2.38. The van der Waals surface area contributed by atoms with E-state index in [1.54, 1.807) is 0 Å². The van der Waals surface area contributed by atoms with Crippen molar-refractivity contribution in [2.45, 2.75) is 6.54 Å². The summed E-state index contributed by atoms with van der Waals surface area (Å²) >= 11 is 0. The van der Waals surface area contributed by atoms with Gasteiger partial charge in [-0.2, -0.15) is 0 Å². The molecule has 0 atom stereocenters. The van der Waals surface area contributed by atoms with Crippen molar-refractivity contribution in [3.05, 3.63) is 36.4 Å². The molecule has 1 aliphatic rings. The SMILES string of the molecule is CN1CC[n+]2c1ccc1ccccc12. The van der Waals surface area contributed by atoms with Gasteiger partial charge in [-0.3, -0.25) is 4.90 Å². The van der Waals surface area contributed by atoms with E-state index in [0.29, 0.717) is 0 Å². The average molecular weight is 185 g/mol. The molecule has 0 spiro atoms. The maximum Gasteiger partial charge on any atom is 0.277 e. The maximum atomic E-state index is 2.38. The van der Waals surface area contributed by atoms with Crippen LogP contribution in [-0.4, -0.2) is 13.6 Å². The quantitative estimate of drug-likeness (QED) is 0.565. The molecule has 0 aliphatic carbocycles. The zero-order valence-electron chi connectivity index (χ0n) is 8.27. The van der Waals surface area contributed by atoms with Crippen molar-refractivity contribution in [3.63, 3.8) is 0 Å². The molecule has 0 saturated heterocycles. The van der Waals surface area contributed by atoms with E-state index in [2.05, 4.69) is 52.9 Å². The second-order valence-electron chi connectivity index (χ2n) is 3.82. The van der Waals surface area contributed by atoms with Gasteiger partial charge in [-0.15, -0.1) is 0 Å². The number of fused-ring (bicyclic) bond motifs is 3. The van der Waals surface area contributed by atoms with Crippen molar-refractivity contribution in [2.24, 2.45) is 0 Å². The number of likely N-dealkylation sites (N-methyl/N-ethyl adjacent to an activating group) is 1. The van der Waals surface area contributed by atoms with Gasteiger partial charge in [0.15, 0.2) is 0 Å². The largest absolute Gasteiger partial charge is 0.277 e. The second kappa shape index (κ2) is 2.71. The van der Waals surface area contributed by atoms with Gasteiger partial charge in [-0.1, -0.05) is 18.2 Å². The Morgan fingerprint density at radius 3 is 2.93 bits per heavy atom. The summed E-state index contributed by atoms with van der Waals surface area (Å²) in [7, 11) is 2.15. The number of hydrogen-bond acceptors (Lipinski definition) is 1. The summed E-state index contributed by atoms with van der Waals surface area (Å²) in [5, 5.41) is 1.33. The van der Waals surface area contributed by atoms with Crippen molar-refractivity contribution in [2.75, 3.05) is 18.5 Å². The van der Waals surface area contributed by atoms with Gasteiger partial charge in [0.05, 0.1) is 7.05 Å². The molecule has 2 heteroatoms. The van der Waals surface area contributed by atoms with Crippen LogP contribution in [0.4, 0.5) is 5.82 Å². The Labute approximate surface area is 83.4 Å². The predicted octanol–water partition coefficient (Wildman–Crippen LogP) is 1.58. The van der Waals surface area contributed by atoms with Gasteiger partial charge in [0.1, 0.15) is 18.6 Å². The fraction of sp³-hybridized carbons (Fsp3) is 0.250. The molecule has 1 aromatic heterocycles. The molecule has 0 amide bonds. The lowest BCUT2D eigenvalue weighted by molar-refractivity contribution is -0.644. The number of aromatic nitrogens is 1. The Hall–Kier alpha value is -1.57. The summed E-state index contributed by atoms with van der Waals surface area (Å²) in [4.78, 5) is 2.30. The standard InChI is InChI=1S/C12H13N2/c1-13-8-9-14-11-5-3-2-4-10(11)6-7-12(13)14/h2-7H,8-9H2,1H3/q+1. The first-order valence-corrected chi connectivity index (χ1v) is 4.99. The molecule has 0 fully saturated rings. The van der Waals surface area contributed by atoms with Crippen LogP contribution in [0.3, 0.4) is 0 Å². The lowest BCUT2D eigenvalue weighted by Gasteiger charge is -2.03.